The van der Waals surface area contributed by atoms with Gasteiger partial charge in [0.1, 0.15) is 0 Å². The van der Waals surface area contributed by atoms with Crippen LogP contribution >= 0.6 is 0 Å². The molecule has 0 spiro atoms. The summed E-state index contributed by atoms with van der Waals surface area (Å²) in [4.78, 5) is 0. The van der Waals surface area contributed by atoms with Gasteiger partial charge >= 0.3 is 0 Å². The highest BCUT2D eigenvalue weighted by Crippen LogP contribution is 2.09. The normalized spacial score (nSPS) is 16.6. The summed E-state index contributed by atoms with van der Waals surface area (Å²) in [5.74, 6) is 0.658. The third-order valence-corrected chi connectivity index (χ3v) is 2.53. The molecule has 0 aliphatic carbocycles. The lowest BCUT2D eigenvalue weighted by atomic mass is 10.1. The topological polar surface area (TPSA) is 27.7 Å². The molecule has 0 unspecified atom stereocenters. The molecule has 0 saturated carbocycles. The van der Waals surface area contributed by atoms with E-state index in [-0.39, 0.29) is 0 Å². The summed E-state index contributed by atoms with van der Waals surface area (Å²) in [5, 5.41) is 0. The minimum absolute atomic E-state index is 0.658. The Hall–Kier alpha value is -0.120. The van der Waals surface area contributed by atoms with E-state index in [9.17, 15) is 0 Å². The number of rotatable bonds is 10. The van der Waals surface area contributed by atoms with Gasteiger partial charge in [-0.1, -0.05) is 13.3 Å². The second kappa shape index (κ2) is 9.13. The van der Waals surface area contributed by atoms with Crippen LogP contribution in [0.1, 0.15) is 32.6 Å². The zero-order chi connectivity index (χ0) is 10.8. The Bertz CT molecular complexity index is 135. The van der Waals surface area contributed by atoms with E-state index in [0.717, 1.165) is 52.5 Å². The van der Waals surface area contributed by atoms with Gasteiger partial charge in [0.2, 0.25) is 0 Å². The summed E-state index contributed by atoms with van der Waals surface area (Å²) in [5.41, 5.74) is 0. The van der Waals surface area contributed by atoms with Crippen molar-refractivity contribution in [1.29, 1.82) is 0 Å². The summed E-state index contributed by atoms with van der Waals surface area (Å²) in [6.07, 6.45) is 4.62. The molecule has 90 valence electrons. The van der Waals surface area contributed by atoms with Gasteiger partial charge in [-0.15, -0.1) is 0 Å². The standard InChI is InChI=1S/C12H24O3/c1-2-3-6-13-7-4-5-8-14-9-12-10-15-11-12/h12H,2-11H2,1H3. The summed E-state index contributed by atoms with van der Waals surface area (Å²) >= 11 is 0. The summed E-state index contributed by atoms with van der Waals surface area (Å²) in [6.45, 7) is 7.50. The molecule has 1 heterocycles. The first-order chi connectivity index (χ1) is 7.43. The third-order valence-electron chi connectivity index (χ3n) is 2.53. The first-order valence-corrected chi connectivity index (χ1v) is 6.16. The molecule has 1 fully saturated rings. The van der Waals surface area contributed by atoms with Crippen LogP contribution in [0.3, 0.4) is 0 Å². The molecule has 0 radical (unpaired) electrons. The van der Waals surface area contributed by atoms with Crippen LogP contribution in [0.15, 0.2) is 0 Å². The molecule has 1 aliphatic rings. The fourth-order valence-corrected chi connectivity index (χ4v) is 1.39. The lowest BCUT2D eigenvalue weighted by Crippen LogP contribution is -2.31. The zero-order valence-electron chi connectivity index (χ0n) is 9.87. The predicted molar refractivity (Wildman–Crippen MR) is 60.1 cm³/mol. The van der Waals surface area contributed by atoms with E-state index in [2.05, 4.69) is 6.92 Å². The minimum atomic E-state index is 0.658. The van der Waals surface area contributed by atoms with Crippen molar-refractivity contribution in [3.63, 3.8) is 0 Å². The predicted octanol–water partition coefficient (Wildman–Crippen LogP) is 2.25. The molecule has 0 atom stereocenters. The van der Waals surface area contributed by atoms with Crippen molar-refractivity contribution in [3.05, 3.63) is 0 Å². The van der Waals surface area contributed by atoms with E-state index in [4.69, 9.17) is 14.2 Å². The van der Waals surface area contributed by atoms with E-state index < -0.39 is 0 Å². The van der Waals surface area contributed by atoms with E-state index in [0.29, 0.717) is 5.92 Å². The van der Waals surface area contributed by atoms with E-state index >= 15 is 0 Å². The van der Waals surface area contributed by atoms with Gasteiger partial charge < -0.3 is 14.2 Å². The molecular weight excluding hydrogens is 192 g/mol. The summed E-state index contributed by atoms with van der Waals surface area (Å²) in [7, 11) is 0. The molecule has 1 aliphatic heterocycles. The smallest absolute Gasteiger partial charge is 0.0538 e. The second-order valence-electron chi connectivity index (χ2n) is 4.15. The Balaban J connectivity index is 1.66. The lowest BCUT2D eigenvalue weighted by molar-refractivity contribution is -0.0721. The molecular formula is C12H24O3. The largest absolute Gasteiger partial charge is 0.381 e. The van der Waals surface area contributed by atoms with Gasteiger partial charge in [-0.2, -0.15) is 0 Å². The van der Waals surface area contributed by atoms with Gasteiger partial charge in [-0.25, -0.2) is 0 Å². The van der Waals surface area contributed by atoms with Crippen LogP contribution in [0.25, 0.3) is 0 Å². The summed E-state index contributed by atoms with van der Waals surface area (Å²) in [6, 6.07) is 0. The van der Waals surface area contributed by atoms with Crippen LogP contribution in [-0.2, 0) is 14.2 Å². The molecule has 0 N–H and O–H groups in total. The van der Waals surface area contributed by atoms with Gasteiger partial charge in [0, 0.05) is 25.7 Å². The average Bonchev–Trinajstić information content (AvgIpc) is 2.18. The quantitative estimate of drug-likeness (QED) is 0.524. The van der Waals surface area contributed by atoms with Gasteiger partial charge in [-0.05, 0) is 19.3 Å². The zero-order valence-corrected chi connectivity index (χ0v) is 9.87. The van der Waals surface area contributed by atoms with E-state index in [1.807, 2.05) is 0 Å². The first-order valence-electron chi connectivity index (χ1n) is 6.16. The van der Waals surface area contributed by atoms with Gasteiger partial charge in [0.15, 0.2) is 0 Å². The molecule has 15 heavy (non-hydrogen) atoms. The van der Waals surface area contributed by atoms with Crippen molar-refractivity contribution >= 4 is 0 Å². The van der Waals surface area contributed by atoms with Crippen LogP contribution in [0, 0.1) is 5.92 Å². The maximum absolute atomic E-state index is 5.53. The molecule has 0 aromatic carbocycles. The van der Waals surface area contributed by atoms with Crippen molar-refractivity contribution in [1.82, 2.24) is 0 Å². The molecule has 3 nitrogen and oxygen atoms in total. The monoisotopic (exact) mass is 216 g/mol. The Labute approximate surface area is 93.1 Å². The number of hydrogen-bond donors (Lipinski definition) is 0. The molecule has 0 amide bonds. The van der Waals surface area contributed by atoms with Gasteiger partial charge in [0.25, 0.3) is 0 Å². The number of unbranched alkanes of at least 4 members (excludes halogenated alkanes) is 2. The Morgan fingerprint density at radius 2 is 1.67 bits per heavy atom. The molecule has 1 rings (SSSR count). The molecule has 0 bridgehead atoms. The number of hydrogen-bond acceptors (Lipinski definition) is 3. The van der Waals surface area contributed by atoms with E-state index in [1.165, 1.54) is 12.8 Å². The Morgan fingerprint density at radius 1 is 1.00 bits per heavy atom. The maximum Gasteiger partial charge on any atom is 0.0538 e. The van der Waals surface area contributed by atoms with Crippen molar-refractivity contribution in [3.8, 4) is 0 Å². The second-order valence-corrected chi connectivity index (χ2v) is 4.15. The van der Waals surface area contributed by atoms with E-state index in [1.54, 1.807) is 0 Å². The molecule has 3 heteroatoms. The van der Waals surface area contributed by atoms with Crippen molar-refractivity contribution in [2.24, 2.45) is 5.92 Å². The minimum Gasteiger partial charge on any atom is -0.381 e. The van der Waals surface area contributed by atoms with Crippen LogP contribution < -0.4 is 0 Å². The molecule has 1 saturated heterocycles. The third kappa shape index (κ3) is 6.88. The van der Waals surface area contributed by atoms with Crippen LogP contribution in [0.5, 0.6) is 0 Å². The van der Waals surface area contributed by atoms with Gasteiger partial charge in [-0.3, -0.25) is 0 Å². The molecule has 0 aromatic heterocycles. The number of ether oxygens (including phenoxy) is 3. The van der Waals surface area contributed by atoms with Crippen molar-refractivity contribution < 1.29 is 14.2 Å². The molecule has 0 aromatic rings. The highest BCUT2D eigenvalue weighted by Gasteiger charge is 2.17. The maximum atomic E-state index is 5.53. The SMILES string of the molecule is CCCCOCCCCOCC1COC1. The van der Waals surface area contributed by atoms with Crippen LogP contribution in [0.4, 0.5) is 0 Å². The van der Waals surface area contributed by atoms with Crippen molar-refractivity contribution in [2.45, 2.75) is 32.6 Å². The Kier molecular flexibility index (Phi) is 7.88. The van der Waals surface area contributed by atoms with Crippen molar-refractivity contribution in [2.75, 3.05) is 39.6 Å². The average molecular weight is 216 g/mol. The Morgan fingerprint density at radius 3 is 2.27 bits per heavy atom. The van der Waals surface area contributed by atoms with Gasteiger partial charge in [0.05, 0.1) is 19.8 Å². The summed E-state index contributed by atoms with van der Waals surface area (Å²) < 4.78 is 16.1. The highest BCUT2D eigenvalue weighted by molar-refractivity contribution is 4.63. The van der Waals surface area contributed by atoms with Crippen LogP contribution in [0.2, 0.25) is 0 Å². The lowest BCUT2D eigenvalue weighted by Gasteiger charge is -2.25. The fraction of sp³-hybridized carbons (Fsp3) is 1.00. The first kappa shape index (κ1) is 12.9. The highest BCUT2D eigenvalue weighted by atomic mass is 16.5. The fourth-order valence-electron chi connectivity index (χ4n) is 1.39. The van der Waals surface area contributed by atoms with Crippen LogP contribution in [-0.4, -0.2) is 39.6 Å².